The second-order valence-electron chi connectivity index (χ2n) is 6.25. The predicted molar refractivity (Wildman–Crippen MR) is 76.6 cm³/mol. The minimum Gasteiger partial charge on any atom is -0.348 e. The molecule has 0 spiro atoms. The first kappa shape index (κ1) is 14.4. The van der Waals surface area contributed by atoms with Gasteiger partial charge >= 0.3 is 0 Å². The third-order valence-corrected chi connectivity index (χ3v) is 4.09. The second kappa shape index (κ2) is 5.54. The van der Waals surface area contributed by atoms with Crippen LogP contribution in [0.5, 0.6) is 0 Å². The number of aromatic nitrogens is 2. The molecule has 1 aromatic heterocycles. The zero-order chi connectivity index (χ0) is 14.0. The maximum atomic E-state index is 12.3. The summed E-state index contributed by atoms with van der Waals surface area (Å²) in [4.78, 5) is 13.0. The third kappa shape index (κ3) is 3.51. The Bertz CT molecular complexity index is 452. The molecular weight excluding hydrogens is 260 g/mol. The van der Waals surface area contributed by atoms with Gasteiger partial charge < -0.3 is 10.6 Å². The molecule has 1 aliphatic rings. The summed E-state index contributed by atoms with van der Waals surface area (Å²) in [7, 11) is 0. The number of hydrogen-bond acceptors (Lipinski definition) is 5. The van der Waals surface area contributed by atoms with E-state index in [1.165, 1.54) is 11.5 Å². The zero-order valence-electron chi connectivity index (χ0n) is 12.0. The van der Waals surface area contributed by atoms with Crippen molar-refractivity contribution in [3.8, 4) is 0 Å². The van der Waals surface area contributed by atoms with Crippen LogP contribution in [0, 0.1) is 0 Å². The van der Waals surface area contributed by atoms with Gasteiger partial charge in [0.15, 0.2) is 0 Å². The van der Waals surface area contributed by atoms with E-state index in [0.717, 1.165) is 25.1 Å². The quantitative estimate of drug-likeness (QED) is 0.866. The van der Waals surface area contributed by atoms with Gasteiger partial charge in [-0.05, 0) is 37.8 Å². The van der Waals surface area contributed by atoms with E-state index in [0.29, 0.717) is 10.9 Å². The molecule has 0 radical (unpaired) electrons. The van der Waals surface area contributed by atoms with Crippen molar-refractivity contribution in [2.45, 2.75) is 58.0 Å². The van der Waals surface area contributed by atoms with Gasteiger partial charge in [-0.15, -0.1) is 5.10 Å². The molecule has 2 unspecified atom stereocenters. The molecule has 0 aliphatic carbocycles. The van der Waals surface area contributed by atoms with E-state index < -0.39 is 0 Å². The van der Waals surface area contributed by atoms with Crippen molar-refractivity contribution in [1.29, 1.82) is 0 Å². The predicted octanol–water partition coefficient (Wildman–Crippen LogP) is 1.71. The standard InChI is InChI=1S/C13H22N4OS/c1-8-7-9(5-6-14-8)15-12(18)10-11(13(2,3)4)16-17-19-10/h8-9,14H,5-7H2,1-4H3,(H,15,18). The molecule has 0 bridgehead atoms. The van der Waals surface area contributed by atoms with Crippen molar-refractivity contribution in [1.82, 2.24) is 20.2 Å². The lowest BCUT2D eigenvalue weighted by atomic mass is 9.91. The number of amides is 1. The molecule has 106 valence electrons. The van der Waals surface area contributed by atoms with Crippen LogP contribution in [0.25, 0.3) is 0 Å². The largest absolute Gasteiger partial charge is 0.348 e. The Kier molecular flexibility index (Phi) is 4.20. The Morgan fingerprint density at radius 3 is 2.84 bits per heavy atom. The SMILES string of the molecule is CC1CC(NC(=O)c2snnc2C(C)(C)C)CCN1. The molecule has 2 N–H and O–H groups in total. The average Bonchev–Trinajstić information content (AvgIpc) is 2.77. The van der Waals surface area contributed by atoms with Crippen molar-refractivity contribution in [2.24, 2.45) is 0 Å². The van der Waals surface area contributed by atoms with Crippen molar-refractivity contribution in [3.63, 3.8) is 0 Å². The lowest BCUT2D eigenvalue weighted by Crippen LogP contribution is -2.46. The van der Waals surface area contributed by atoms with E-state index in [9.17, 15) is 4.79 Å². The number of carbonyl (C=O) groups excluding carboxylic acids is 1. The van der Waals surface area contributed by atoms with Crippen LogP contribution in [-0.4, -0.2) is 34.1 Å². The fourth-order valence-corrected chi connectivity index (χ4v) is 3.12. The van der Waals surface area contributed by atoms with Gasteiger partial charge in [-0.25, -0.2) is 0 Å². The number of nitrogens with zero attached hydrogens (tertiary/aromatic N) is 2. The van der Waals surface area contributed by atoms with Crippen LogP contribution in [-0.2, 0) is 5.41 Å². The topological polar surface area (TPSA) is 66.9 Å². The molecule has 1 fully saturated rings. The van der Waals surface area contributed by atoms with E-state index in [1.54, 1.807) is 0 Å². The van der Waals surface area contributed by atoms with Crippen LogP contribution in [0.4, 0.5) is 0 Å². The summed E-state index contributed by atoms with van der Waals surface area (Å²) >= 11 is 1.19. The Labute approximate surface area is 118 Å². The molecule has 2 atom stereocenters. The molecule has 5 nitrogen and oxygen atoms in total. The first-order chi connectivity index (χ1) is 8.88. The van der Waals surface area contributed by atoms with Crippen LogP contribution in [0.3, 0.4) is 0 Å². The van der Waals surface area contributed by atoms with Gasteiger partial charge in [-0.3, -0.25) is 4.79 Å². The molecule has 2 heterocycles. The molecular formula is C13H22N4OS. The summed E-state index contributed by atoms with van der Waals surface area (Å²) in [5.41, 5.74) is 0.637. The van der Waals surface area contributed by atoms with Crippen LogP contribution >= 0.6 is 11.5 Å². The smallest absolute Gasteiger partial charge is 0.265 e. The molecule has 0 saturated carbocycles. The van der Waals surface area contributed by atoms with E-state index in [-0.39, 0.29) is 17.4 Å². The first-order valence-corrected chi connectivity index (χ1v) is 7.52. The van der Waals surface area contributed by atoms with E-state index >= 15 is 0 Å². The van der Waals surface area contributed by atoms with Crippen molar-refractivity contribution in [2.75, 3.05) is 6.54 Å². The van der Waals surface area contributed by atoms with E-state index in [2.05, 4.69) is 27.1 Å². The highest BCUT2D eigenvalue weighted by molar-refractivity contribution is 7.08. The van der Waals surface area contributed by atoms with Gasteiger partial charge in [-0.1, -0.05) is 25.3 Å². The number of carbonyl (C=O) groups is 1. The van der Waals surface area contributed by atoms with Gasteiger partial charge in [0.25, 0.3) is 5.91 Å². The van der Waals surface area contributed by atoms with Crippen molar-refractivity contribution >= 4 is 17.4 Å². The number of rotatable bonds is 2. The Balaban J connectivity index is 2.06. The van der Waals surface area contributed by atoms with Gasteiger partial charge in [0, 0.05) is 17.5 Å². The number of piperidine rings is 1. The Hall–Kier alpha value is -1.01. The maximum Gasteiger partial charge on any atom is 0.265 e. The normalized spacial score (nSPS) is 24.2. The lowest BCUT2D eigenvalue weighted by Gasteiger charge is -2.28. The molecule has 6 heteroatoms. The summed E-state index contributed by atoms with van der Waals surface area (Å²) < 4.78 is 3.94. The van der Waals surface area contributed by atoms with Gasteiger partial charge in [0.05, 0.1) is 5.69 Å². The summed E-state index contributed by atoms with van der Waals surface area (Å²) in [5, 5.41) is 10.6. The van der Waals surface area contributed by atoms with Gasteiger partial charge in [0.2, 0.25) is 0 Å². The Morgan fingerprint density at radius 2 is 2.21 bits per heavy atom. The minimum atomic E-state index is -0.152. The van der Waals surface area contributed by atoms with E-state index in [4.69, 9.17) is 0 Å². The van der Waals surface area contributed by atoms with Crippen LogP contribution in [0.2, 0.25) is 0 Å². The second-order valence-corrected chi connectivity index (χ2v) is 7.00. The first-order valence-electron chi connectivity index (χ1n) is 6.75. The van der Waals surface area contributed by atoms with Gasteiger partial charge in [-0.2, -0.15) is 0 Å². The summed E-state index contributed by atoms with van der Waals surface area (Å²) in [5.74, 6) is -0.0287. The molecule has 2 rings (SSSR count). The molecule has 0 aromatic carbocycles. The zero-order valence-corrected chi connectivity index (χ0v) is 12.8. The molecule has 1 saturated heterocycles. The van der Waals surface area contributed by atoms with E-state index in [1.807, 2.05) is 20.8 Å². The minimum absolute atomic E-state index is 0.0287. The van der Waals surface area contributed by atoms with Crippen molar-refractivity contribution in [3.05, 3.63) is 10.6 Å². The number of hydrogen-bond donors (Lipinski definition) is 2. The summed E-state index contributed by atoms with van der Waals surface area (Å²) in [6.07, 6.45) is 1.95. The molecule has 19 heavy (non-hydrogen) atoms. The third-order valence-electron chi connectivity index (χ3n) is 3.36. The van der Waals surface area contributed by atoms with Crippen LogP contribution in [0.15, 0.2) is 0 Å². The monoisotopic (exact) mass is 282 g/mol. The van der Waals surface area contributed by atoms with Crippen molar-refractivity contribution < 1.29 is 4.79 Å². The van der Waals surface area contributed by atoms with Crippen LogP contribution in [0.1, 0.15) is 55.9 Å². The molecule has 1 amide bonds. The number of nitrogens with one attached hydrogen (secondary N) is 2. The Morgan fingerprint density at radius 1 is 1.47 bits per heavy atom. The lowest BCUT2D eigenvalue weighted by molar-refractivity contribution is 0.0927. The summed E-state index contributed by atoms with van der Waals surface area (Å²) in [6.45, 7) is 9.25. The van der Waals surface area contributed by atoms with Crippen LogP contribution < -0.4 is 10.6 Å². The summed E-state index contributed by atoms with van der Waals surface area (Å²) in [6, 6.07) is 0.708. The fourth-order valence-electron chi connectivity index (χ4n) is 2.34. The fraction of sp³-hybridized carbons (Fsp3) is 0.769. The average molecular weight is 282 g/mol. The highest BCUT2D eigenvalue weighted by Crippen LogP contribution is 2.25. The highest BCUT2D eigenvalue weighted by Gasteiger charge is 2.28. The highest BCUT2D eigenvalue weighted by atomic mass is 32.1. The molecule has 1 aromatic rings. The molecule has 1 aliphatic heterocycles. The maximum absolute atomic E-state index is 12.3. The van der Waals surface area contributed by atoms with Gasteiger partial charge in [0.1, 0.15) is 4.88 Å².